The summed E-state index contributed by atoms with van der Waals surface area (Å²) in [6, 6.07) is 12.2. The lowest BCUT2D eigenvalue weighted by Gasteiger charge is -2.32. The van der Waals surface area contributed by atoms with Crippen molar-refractivity contribution in [2.45, 2.75) is 57.3 Å². The maximum atomic E-state index is 13.2. The molecule has 0 atom stereocenters. The third kappa shape index (κ3) is 4.41. The molecule has 2 aliphatic carbocycles. The van der Waals surface area contributed by atoms with Crippen LogP contribution in [-0.2, 0) is 0 Å². The predicted octanol–water partition coefficient (Wildman–Crippen LogP) is 6.83. The SMILES string of the molecule is Fc1ccc(C#Cc2ccc(C3CCC(C4CCCC4)CC3)cc2)cc1F. The van der Waals surface area contributed by atoms with Crippen molar-refractivity contribution in [2.24, 2.45) is 11.8 Å². The van der Waals surface area contributed by atoms with Crippen LogP contribution >= 0.6 is 0 Å². The summed E-state index contributed by atoms with van der Waals surface area (Å²) in [6.45, 7) is 0. The third-order valence-corrected chi connectivity index (χ3v) is 6.49. The van der Waals surface area contributed by atoms with Crippen LogP contribution in [0.15, 0.2) is 42.5 Å². The number of hydrogen-bond acceptors (Lipinski definition) is 0. The molecule has 2 aromatic carbocycles. The van der Waals surface area contributed by atoms with Gasteiger partial charge in [-0.2, -0.15) is 0 Å². The average molecular weight is 364 g/mol. The molecule has 0 bridgehead atoms. The molecule has 2 heteroatoms. The Bertz CT molecular complexity index is 827. The van der Waals surface area contributed by atoms with Gasteiger partial charge in [-0.15, -0.1) is 0 Å². The van der Waals surface area contributed by atoms with Crippen molar-refractivity contribution in [3.05, 3.63) is 70.8 Å². The molecular formula is C25H26F2. The van der Waals surface area contributed by atoms with Crippen molar-refractivity contribution in [3.8, 4) is 11.8 Å². The van der Waals surface area contributed by atoms with Crippen molar-refractivity contribution in [1.82, 2.24) is 0 Å². The van der Waals surface area contributed by atoms with Gasteiger partial charge < -0.3 is 0 Å². The van der Waals surface area contributed by atoms with E-state index in [2.05, 4.69) is 24.0 Å². The summed E-state index contributed by atoms with van der Waals surface area (Å²) < 4.78 is 26.2. The summed E-state index contributed by atoms with van der Waals surface area (Å²) in [7, 11) is 0. The first kappa shape index (κ1) is 18.2. The first-order valence-corrected chi connectivity index (χ1v) is 10.3. The summed E-state index contributed by atoms with van der Waals surface area (Å²) in [4.78, 5) is 0. The molecule has 4 rings (SSSR count). The van der Waals surface area contributed by atoms with Gasteiger partial charge in [-0.1, -0.05) is 49.7 Å². The molecule has 0 heterocycles. The molecule has 2 aromatic rings. The monoisotopic (exact) mass is 364 g/mol. The Morgan fingerprint density at radius 2 is 1.22 bits per heavy atom. The largest absolute Gasteiger partial charge is 0.204 e. The topological polar surface area (TPSA) is 0 Å². The maximum absolute atomic E-state index is 13.2. The van der Waals surface area contributed by atoms with Gasteiger partial charge in [-0.3, -0.25) is 0 Å². The van der Waals surface area contributed by atoms with E-state index in [4.69, 9.17) is 0 Å². The van der Waals surface area contributed by atoms with Crippen LogP contribution in [0.5, 0.6) is 0 Å². The zero-order valence-corrected chi connectivity index (χ0v) is 15.7. The first-order chi connectivity index (χ1) is 13.2. The fraction of sp³-hybridized carbons (Fsp3) is 0.440. The molecule has 0 N–H and O–H groups in total. The highest BCUT2D eigenvalue weighted by Crippen LogP contribution is 2.43. The van der Waals surface area contributed by atoms with E-state index >= 15 is 0 Å². The Morgan fingerprint density at radius 3 is 1.89 bits per heavy atom. The summed E-state index contributed by atoms with van der Waals surface area (Å²) >= 11 is 0. The third-order valence-electron chi connectivity index (χ3n) is 6.49. The molecule has 0 aliphatic heterocycles. The zero-order valence-electron chi connectivity index (χ0n) is 15.7. The molecular weight excluding hydrogens is 338 g/mol. The Labute approximate surface area is 161 Å². The number of halogens is 2. The summed E-state index contributed by atoms with van der Waals surface area (Å²) in [5.41, 5.74) is 2.81. The van der Waals surface area contributed by atoms with E-state index in [1.165, 1.54) is 63.0 Å². The molecule has 0 amide bonds. The van der Waals surface area contributed by atoms with Gasteiger partial charge in [-0.05, 0) is 79.3 Å². The molecule has 2 fully saturated rings. The summed E-state index contributed by atoms with van der Waals surface area (Å²) in [5, 5.41) is 0. The van der Waals surface area contributed by atoms with Crippen LogP contribution in [0.4, 0.5) is 8.78 Å². The lowest BCUT2D eigenvalue weighted by Crippen LogP contribution is -2.19. The van der Waals surface area contributed by atoms with Crippen molar-refractivity contribution in [3.63, 3.8) is 0 Å². The van der Waals surface area contributed by atoms with Gasteiger partial charge in [0.25, 0.3) is 0 Å². The maximum Gasteiger partial charge on any atom is 0.160 e. The molecule has 0 saturated heterocycles. The molecule has 0 spiro atoms. The standard InChI is InChI=1S/C25H26F2/c26-24-16-9-19(17-25(24)27)6-5-18-7-10-21(11-8-18)23-14-12-22(13-15-23)20-3-1-2-4-20/h7-11,16-17,20,22-23H,1-4,12-15H2. The highest BCUT2D eigenvalue weighted by molar-refractivity contribution is 5.44. The van der Waals surface area contributed by atoms with Gasteiger partial charge in [0, 0.05) is 11.1 Å². The second kappa shape index (κ2) is 8.26. The fourth-order valence-corrected chi connectivity index (χ4v) is 4.91. The average Bonchev–Trinajstić information content (AvgIpc) is 3.24. The minimum absolute atomic E-state index is 0.489. The smallest absolute Gasteiger partial charge is 0.160 e. The molecule has 0 aromatic heterocycles. The van der Waals surface area contributed by atoms with Gasteiger partial charge in [0.15, 0.2) is 11.6 Å². The molecule has 140 valence electrons. The Hall–Kier alpha value is -2.14. The van der Waals surface area contributed by atoms with Crippen molar-refractivity contribution >= 4 is 0 Å². The predicted molar refractivity (Wildman–Crippen MR) is 105 cm³/mol. The highest BCUT2D eigenvalue weighted by Gasteiger charge is 2.29. The molecule has 2 aliphatic rings. The fourth-order valence-electron chi connectivity index (χ4n) is 4.91. The van der Waals surface area contributed by atoms with Crippen LogP contribution in [0.25, 0.3) is 0 Å². The molecule has 0 unspecified atom stereocenters. The highest BCUT2D eigenvalue weighted by atomic mass is 19.2. The number of benzene rings is 2. The van der Waals surface area contributed by atoms with Crippen LogP contribution in [-0.4, -0.2) is 0 Å². The van der Waals surface area contributed by atoms with Crippen LogP contribution in [0, 0.1) is 35.3 Å². The van der Waals surface area contributed by atoms with E-state index in [0.717, 1.165) is 29.5 Å². The first-order valence-electron chi connectivity index (χ1n) is 10.3. The zero-order chi connectivity index (χ0) is 18.6. The van der Waals surface area contributed by atoms with Crippen LogP contribution in [0.2, 0.25) is 0 Å². The van der Waals surface area contributed by atoms with E-state index in [9.17, 15) is 8.78 Å². The summed E-state index contributed by atoms with van der Waals surface area (Å²) in [5.74, 6) is 6.89. The molecule has 0 nitrogen and oxygen atoms in total. The second-order valence-corrected chi connectivity index (χ2v) is 8.16. The van der Waals surface area contributed by atoms with Crippen molar-refractivity contribution in [1.29, 1.82) is 0 Å². The molecule has 2 saturated carbocycles. The van der Waals surface area contributed by atoms with E-state index < -0.39 is 11.6 Å². The Morgan fingerprint density at radius 1 is 0.630 bits per heavy atom. The quantitative estimate of drug-likeness (QED) is 0.512. The normalized spacial score (nSPS) is 23.0. The van der Waals surface area contributed by atoms with E-state index in [0.29, 0.717) is 11.5 Å². The van der Waals surface area contributed by atoms with Crippen LogP contribution < -0.4 is 0 Å². The van der Waals surface area contributed by atoms with Crippen molar-refractivity contribution in [2.75, 3.05) is 0 Å². The molecule has 27 heavy (non-hydrogen) atoms. The Kier molecular flexibility index (Phi) is 5.58. The van der Waals surface area contributed by atoms with Gasteiger partial charge in [-0.25, -0.2) is 8.78 Å². The van der Waals surface area contributed by atoms with Gasteiger partial charge in [0.05, 0.1) is 0 Å². The van der Waals surface area contributed by atoms with E-state index in [1.807, 2.05) is 12.1 Å². The summed E-state index contributed by atoms with van der Waals surface area (Å²) in [6.07, 6.45) is 11.2. The van der Waals surface area contributed by atoms with Crippen molar-refractivity contribution < 1.29 is 8.78 Å². The van der Waals surface area contributed by atoms with Gasteiger partial charge in [0.2, 0.25) is 0 Å². The second-order valence-electron chi connectivity index (χ2n) is 8.16. The Balaban J connectivity index is 1.37. The lowest BCUT2D eigenvalue weighted by molar-refractivity contribution is 0.235. The van der Waals surface area contributed by atoms with Gasteiger partial charge >= 0.3 is 0 Å². The lowest BCUT2D eigenvalue weighted by atomic mass is 9.73. The minimum Gasteiger partial charge on any atom is -0.204 e. The van der Waals surface area contributed by atoms with Crippen LogP contribution in [0.3, 0.4) is 0 Å². The molecule has 0 radical (unpaired) electrons. The van der Waals surface area contributed by atoms with E-state index in [-0.39, 0.29) is 0 Å². The number of hydrogen-bond donors (Lipinski definition) is 0. The van der Waals surface area contributed by atoms with Crippen LogP contribution in [0.1, 0.15) is 74.0 Å². The van der Waals surface area contributed by atoms with Gasteiger partial charge in [0.1, 0.15) is 0 Å². The minimum atomic E-state index is -0.856. The number of rotatable bonds is 2. The van der Waals surface area contributed by atoms with E-state index in [1.54, 1.807) is 0 Å².